The average molecular weight is 305 g/mol. The van der Waals surface area contributed by atoms with Crippen LogP contribution in [0.4, 0.5) is 0 Å². The molecule has 0 aliphatic heterocycles. The molecule has 1 heterocycles. The van der Waals surface area contributed by atoms with Gasteiger partial charge in [0.2, 0.25) is 0 Å². The van der Waals surface area contributed by atoms with Crippen molar-refractivity contribution in [2.24, 2.45) is 0 Å². The van der Waals surface area contributed by atoms with E-state index in [9.17, 15) is 0 Å². The summed E-state index contributed by atoms with van der Waals surface area (Å²) in [6.45, 7) is 7.65. The van der Waals surface area contributed by atoms with E-state index in [1.165, 1.54) is 31.1 Å². The van der Waals surface area contributed by atoms with E-state index in [-0.39, 0.29) is 0 Å². The fourth-order valence-electron chi connectivity index (χ4n) is 2.52. The first-order valence-electron chi connectivity index (χ1n) is 8.01. The molecule has 2 rings (SSSR count). The molecule has 0 aliphatic rings. The molecule has 3 heteroatoms. The number of para-hydroxylation sites is 1. The van der Waals surface area contributed by atoms with Crippen molar-refractivity contribution in [3.63, 3.8) is 0 Å². The predicted octanol–water partition coefficient (Wildman–Crippen LogP) is 5.29. The molecule has 0 saturated carbocycles. The molecule has 114 valence electrons. The van der Waals surface area contributed by atoms with E-state index in [4.69, 9.17) is 11.6 Å². The lowest BCUT2D eigenvalue weighted by Gasteiger charge is -2.22. The zero-order valence-electron chi connectivity index (χ0n) is 13.1. The average Bonchev–Trinajstić information content (AvgIpc) is 2.50. The second kappa shape index (κ2) is 8.35. The van der Waals surface area contributed by atoms with Gasteiger partial charge in [-0.05, 0) is 38.1 Å². The second-order valence-corrected chi connectivity index (χ2v) is 5.97. The fraction of sp³-hybridized carbons (Fsp3) is 0.500. The molecule has 0 saturated heterocycles. The highest BCUT2D eigenvalue weighted by molar-refractivity contribution is 6.30. The van der Waals surface area contributed by atoms with Gasteiger partial charge in [-0.1, -0.05) is 56.5 Å². The lowest BCUT2D eigenvalue weighted by Crippen LogP contribution is -2.25. The van der Waals surface area contributed by atoms with Gasteiger partial charge in [0.05, 0.1) is 5.52 Å². The summed E-state index contributed by atoms with van der Waals surface area (Å²) in [4.78, 5) is 7.03. The van der Waals surface area contributed by atoms with Gasteiger partial charge in [-0.3, -0.25) is 4.90 Å². The van der Waals surface area contributed by atoms with Crippen LogP contribution in [0.2, 0.25) is 5.15 Å². The van der Waals surface area contributed by atoms with Crippen molar-refractivity contribution >= 4 is 22.5 Å². The number of hydrogen-bond acceptors (Lipinski definition) is 2. The van der Waals surface area contributed by atoms with Crippen LogP contribution in [0.1, 0.15) is 45.1 Å². The Balaban J connectivity index is 2.16. The van der Waals surface area contributed by atoms with Crippen molar-refractivity contribution in [2.45, 2.75) is 46.1 Å². The maximum Gasteiger partial charge on any atom is 0.134 e. The highest BCUT2D eigenvalue weighted by Crippen LogP contribution is 2.22. The first-order valence-corrected chi connectivity index (χ1v) is 8.39. The first-order chi connectivity index (χ1) is 10.2. The number of rotatable bonds is 8. The molecular weight excluding hydrogens is 280 g/mol. The van der Waals surface area contributed by atoms with Crippen LogP contribution in [-0.2, 0) is 6.54 Å². The maximum absolute atomic E-state index is 6.38. The van der Waals surface area contributed by atoms with Crippen LogP contribution in [0.25, 0.3) is 10.9 Å². The van der Waals surface area contributed by atoms with Crippen molar-refractivity contribution in [2.75, 3.05) is 13.1 Å². The summed E-state index contributed by atoms with van der Waals surface area (Å²) < 4.78 is 0. The van der Waals surface area contributed by atoms with E-state index in [1.54, 1.807) is 0 Å². The molecular formula is C18H25ClN2. The molecule has 1 aromatic carbocycles. The first kappa shape index (κ1) is 16.3. The molecule has 1 aromatic heterocycles. The summed E-state index contributed by atoms with van der Waals surface area (Å²) >= 11 is 6.38. The Hall–Kier alpha value is -1.12. The number of pyridine rings is 1. The minimum atomic E-state index is 0.645. The van der Waals surface area contributed by atoms with Crippen LogP contribution < -0.4 is 0 Å². The van der Waals surface area contributed by atoms with Gasteiger partial charge in [0, 0.05) is 17.5 Å². The number of aromatic nitrogens is 1. The SMILES string of the molecule is CCCCN(CCCC)Cc1cc2ccccc2nc1Cl. The van der Waals surface area contributed by atoms with Gasteiger partial charge in [0.1, 0.15) is 5.15 Å². The van der Waals surface area contributed by atoms with Gasteiger partial charge in [-0.2, -0.15) is 0 Å². The number of benzene rings is 1. The lowest BCUT2D eigenvalue weighted by atomic mass is 10.1. The minimum absolute atomic E-state index is 0.645. The summed E-state index contributed by atoms with van der Waals surface area (Å²) in [5.41, 5.74) is 2.11. The third-order valence-corrected chi connectivity index (χ3v) is 4.13. The molecule has 0 bridgehead atoms. The van der Waals surface area contributed by atoms with Crippen LogP contribution in [-0.4, -0.2) is 23.0 Å². The van der Waals surface area contributed by atoms with E-state index in [0.29, 0.717) is 5.15 Å². The third-order valence-electron chi connectivity index (χ3n) is 3.80. The fourth-order valence-corrected chi connectivity index (χ4v) is 2.73. The van der Waals surface area contributed by atoms with Crippen LogP contribution in [0.5, 0.6) is 0 Å². The molecule has 0 atom stereocenters. The molecule has 21 heavy (non-hydrogen) atoms. The zero-order valence-corrected chi connectivity index (χ0v) is 13.9. The van der Waals surface area contributed by atoms with E-state index >= 15 is 0 Å². The van der Waals surface area contributed by atoms with Crippen LogP contribution >= 0.6 is 11.6 Å². The highest BCUT2D eigenvalue weighted by Gasteiger charge is 2.10. The van der Waals surface area contributed by atoms with Gasteiger partial charge in [-0.15, -0.1) is 0 Å². The number of hydrogen-bond donors (Lipinski definition) is 0. The van der Waals surface area contributed by atoms with Gasteiger partial charge in [0.15, 0.2) is 0 Å². The summed E-state index contributed by atoms with van der Waals surface area (Å²) in [6, 6.07) is 10.4. The number of fused-ring (bicyclic) bond motifs is 1. The molecule has 0 unspecified atom stereocenters. The molecule has 0 radical (unpaired) electrons. The molecule has 0 N–H and O–H groups in total. The molecule has 2 aromatic rings. The monoisotopic (exact) mass is 304 g/mol. The molecule has 0 spiro atoms. The number of unbranched alkanes of at least 4 members (excludes halogenated alkanes) is 2. The van der Waals surface area contributed by atoms with Crippen molar-refractivity contribution < 1.29 is 0 Å². The largest absolute Gasteiger partial charge is 0.299 e. The van der Waals surface area contributed by atoms with Gasteiger partial charge >= 0.3 is 0 Å². The summed E-state index contributed by atoms with van der Waals surface area (Å²) in [5, 5.41) is 1.81. The molecule has 2 nitrogen and oxygen atoms in total. The van der Waals surface area contributed by atoms with Crippen LogP contribution in [0.15, 0.2) is 30.3 Å². The van der Waals surface area contributed by atoms with Crippen molar-refractivity contribution in [3.05, 3.63) is 41.0 Å². The Kier molecular flexibility index (Phi) is 6.47. The van der Waals surface area contributed by atoms with Gasteiger partial charge in [-0.25, -0.2) is 4.98 Å². The quantitative estimate of drug-likeness (QED) is 0.616. The number of nitrogens with zero attached hydrogens (tertiary/aromatic N) is 2. The smallest absolute Gasteiger partial charge is 0.134 e. The maximum atomic E-state index is 6.38. The summed E-state index contributed by atoms with van der Waals surface area (Å²) in [6.07, 6.45) is 4.93. The van der Waals surface area contributed by atoms with E-state index in [0.717, 1.165) is 30.7 Å². The van der Waals surface area contributed by atoms with Gasteiger partial charge < -0.3 is 0 Å². The lowest BCUT2D eigenvalue weighted by molar-refractivity contribution is 0.257. The topological polar surface area (TPSA) is 16.1 Å². The van der Waals surface area contributed by atoms with E-state index < -0.39 is 0 Å². The Morgan fingerprint density at radius 1 is 1.05 bits per heavy atom. The highest BCUT2D eigenvalue weighted by atomic mass is 35.5. The van der Waals surface area contributed by atoms with Crippen LogP contribution in [0, 0.1) is 0 Å². The second-order valence-electron chi connectivity index (χ2n) is 5.61. The Morgan fingerprint density at radius 2 is 1.71 bits per heavy atom. The molecule has 0 amide bonds. The standard InChI is InChI=1S/C18H25ClN2/c1-3-5-11-21(12-6-4-2)14-16-13-15-9-7-8-10-17(15)20-18(16)19/h7-10,13H,3-6,11-12,14H2,1-2H3. The van der Waals surface area contributed by atoms with Crippen molar-refractivity contribution in [3.8, 4) is 0 Å². The van der Waals surface area contributed by atoms with Gasteiger partial charge in [0.25, 0.3) is 0 Å². The Morgan fingerprint density at radius 3 is 2.38 bits per heavy atom. The molecule has 0 fully saturated rings. The third kappa shape index (κ3) is 4.69. The Bertz CT molecular complexity index is 560. The van der Waals surface area contributed by atoms with Crippen LogP contribution in [0.3, 0.4) is 0 Å². The van der Waals surface area contributed by atoms with E-state index in [2.05, 4.69) is 35.9 Å². The summed E-state index contributed by atoms with van der Waals surface area (Å²) in [7, 11) is 0. The normalized spacial score (nSPS) is 11.4. The number of halogens is 1. The predicted molar refractivity (Wildman–Crippen MR) is 91.8 cm³/mol. The Labute approximate surface area is 133 Å². The van der Waals surface area contributed by atoms with Crippen molar-refractivity contribution in [1.29, 1.82) is 0 Å². The molecule has 0 aliphatic carbocycles. The summed E-state index contributed by atoms with van der Waals surface area (Å²) in [5.74, 6) is 0. The minimum Gasteiger partial charge on any atom is -0.299 e. The van der Waals surface area contributed by atoms with E-state index in [1.807, 2.05) is 18.2 Å². The van der Waals surface area contributed by atoms with Crippen molar-refractivity contribution in [1.82, 2.24) is 9.88 Å². The zero-order chi connectivity index (χ0) is 15.1.